The van der Waals surface area contributed by atoms with Gasteiger partial charge in [-0.25, -0.2) is 0 Å². The molecule has 0 aliphatic carbocycles. The number of hydrogen-bond acceptors (Lipinski definition) is 4. The number of halogens is 1. The summed E-state index contributed by atoms with van der Waals surface area (Å²) in [5.74, 6) is 0. The van der Waals surface area contributed by atoms with Gasteiger partial charge in [0.2, 0.25) is 0 Å². The molecule has 1 heterocycles. The fourth-order valence-electron chi connectivity index (χ4n) is 2.24. The van der Waals surface area contributed by atoms with E-state index in [9.17, 15) is 10.1 Å². The smallest absolute Gasteiger partial charge is 0.274 e. The van der Waals surface area contributed by atoms with Gasteiger partial charge in [-0.15, -0.1) is 0 Å². The topological polar surface area (TPSA) is 64.4 Å². The Morgan fingerprint density at radius 2 is 2.21 bits per heavy atom. The summed E-state index contributed by atoms with van der Waals surface area (Å²) in [6.45, 7) is 3.28. The molecule has 1 aliphatic heterocycles. The second kappa shape index (κ2) is 6.34. The molecule has 1 saturated heterocycles. The van der Waals surface area contributed by atoms with E-state index in [0.717, 1.165) is 42.6 Å². The van der Waals surface area contributed by atoms with Crippen LogP contribution in [0.2, 0.25) is 0 Å². The summed E-state index contributed by atoms with van der Waals surface area (Å²) in [6.07, 6.45) is 2.96. The van der Waals surface area contributed by atoms with Crippen LogP contribution in [0.5, 0.6) is 0 Å². The van der Waals surface area contributed by atoms with Crippen LogP contribution in [0, 0.1) is 17.0 Å². The van der Waals surface area contributed by atoms with Gasteiger partial charge in [-0.05, 0) is 48.2 Å². The predicted molar refractivity (Wildman–Crippen MR) is 77.6 cm³/mol. The van der Waals surface area contributed by atoms with E-state index in [2.05, 4.69) is 21.2 Å². The van der Waals surface area contributed by atoms with Gasteiger partial charge in [-0.3, -0.25) is 10.1 Å². The first-order chi connectivity index (χ1) is 9.08. The average molecular weight is 329 g/mol. The predicted octanol–water partition coefficient (Wildman–Crippen LogP) is 3.65. The number of benzene rings is 1. The van der Waals surface area contributed by atoms with Crippen LogP contribution in [0.25, 0.3) is 0 Å². The SMILES string of the molecule is Cc1cc(Br)c(NC2CCCOCC2)cc1[N+](=O)[O-]. The standard InChI is InChI=1S/C13H17BrN2O3/c1-9-7-11(14)12(8-13(9)16(17)18)15-10-3-2-5-19-6-4-10/h7-8,10,15H,2-6H2,1H3. The molecule has 0 saturated carbocycles. The Hall–Kier alpha value is -1.14. The minimum atomic E-state index is -0.344. The van der Waals surface area contributed by atoms with Gasteiger partial charge in [0, 0.05) is 35.4 Å². The zero-order valence-electron chi connectivity index (χ0n) is 10.8. The molecule has 0 spiro atoms. The second-order valence-corrected chi connectivity index (χ2v) is 5.61. The first-order valence-electron chi connectivity index (χ1n) is 6.36. The summed E-state index contributed by atoms with van der Waals surface area (Å²) in [4.78, 5) is 10.6. The van der Waals surface area contributed by atoms with Crippen LogP contribution in [0.1, 0.15) is 24.8 Å². The lowest BCUT2D eigenvalue weighted by Crippen LogP contribution is -2.20. The van der Waals surface area contributed by atoms with E-state index in [1.54, 1.807) is 19.1 Å². The lowest BCUT2D eigenvalue weighted by Gasteiger charge is -2.18. The Balaban J connectivity index is 2.19. The van der Waals surface area contributed by atoms with Crippen LogP contribution in [0.15, 0.2) is 16.6 Å². The molecule has 1 aliphatic rings. The first kappa shape index (κ1) is 14.3. The minimum Gasteiger partial charge on any atom is -0.381 e. The zero-order chi connectivity index (χ0) is 13.8. The van der Waals surface area contributed by atoms with Crippen molar-refractivity contribution in [3.05, 3.63) is 32.3 Å². The zero-order valence-corrected chi connectivity index (χ0v) is 12.4. The summed E-state index contributed by atoms with van der Waals surface area (Å²) in [5.41, 5.74) is 1.59. The molecule has 104 valence electrons. The Bertz CT molecular complexity index is 471. The van der Waals surface area contributed by atoms with E-state index in [1.165, 1.54) is 0 Å². The third kappa shape index (κ3) is 3.67. The van der Waals surface area contributed by atoms with Gasteiger partial charge in [-0.2, -0.15) is 0 Å². The van der Waals surface area contributed by atoms with Crippen LogP contribution in [-0.4, -0.2) is 24.2 Å². The number of anilines is 1. The van der Waals surface area contributed by atoms with E-state index in [4.69, 9.17) is 4.74 Å². The normalized spacial score (nSPS) is 19.8. The van der Waals surface area contributed by atoms with Crippen molar-refractivity contribution < 1.29 is 9.66 Å². The number of hydrogen-bond donors (Lipinski definition) is 1. The monoisotopic (exact) mass is 328 g/mol. The molecule has 1 unspecified atom stereocenters. The lowest BCUT2D eigenvalue weighted by molar-refractivity contribution is -0.385. The molecule has 6 heteroatoms. The van der Waals surface area contributed by atoms with Crippen molar-refractivity contribution >= 4 is 27.3 Å². The molecule has 0 aromatic heterocycles. The fourth-order valence-corrected chi connectivity index (χ4v) is 2.81. The van der Waals surface area contributed by atoms with Crippen molar-refractivity contribution in [3.63, 3.8) is 0 Å². The maximum Gasteiger partial charge on any atom is 0.274 e. The largest absolute Gasteiger partial charge is 0.381 e. The van der Waals surface area contributed by atoms with E-state index in [-0.39, 0.29) is 10.6 Å². The highest BCUT2D eigenvalue weighted by molar-refractivity contribution is 9.10. The summed E-state index contributed by atoms with van der Waals surface area (Å²) in [6, 6.07) is 3.69. The van der Waals surface area contributed by atoms with Crippen LogP contribution in [-0.2, 0) is 4.74 Å². The van der Waals surface area contributed by atoms with Crippen molar-refractivity contribution in [2.75, 3.05) is 18.5 Å². The molecule has 0 radical (unpaired) electrons. The quantitative estimate of drug-likeness (QED) is 0.679. The average Bonchev–Trinajstić information content (AvgIpc) is 2.60. The highest BCUT2D eigenvalue weighted by Crippen LogP contribution is 2.31. The van der Waals surface area contributed by atoms with E-state index < -0.39 is 0 Å². The highest BCUT2D eigenvalue weighted by Gasteiger charge is 2.18. The molecule has 5 nitrogen and oxygen atoms in total. The Morgan fingerprint density at radius 1 is 1.42 bits per heavy atom. The van der Waals surface area contributed by atoms with Crippen molar-refractivity contribution in [3.8, 4) is 0 Å². The fraction of sp³-hybridized carbons (Fsp3) is 0.538. The molecule has 19 heavy (non-hydrogen) atoms. The third-order valence-electron chi connectivity index (χ3n) is 3.29. The number of nitrogens with one attached hydrogen (secondary N) is 1. The molecule has 0 amide bonds. The molecule has 1 fully saturated rings. The summed E-state index contributed by atoms with van der Waals surface area (Å²) in [5, 5.41) is 14.4. The van der Waals surface area contributed by atoms with Crippen molar-refractivity contribution in [1.82, 2.24) is 0 Å². The number of nitro groups is 1. The van der Waals surface area contributed by atoms with E-state index in [0.29, 0.717) is 11.6 Å². The minimum absolute atomic E-state index is 0.149. The van der Waals surface area contributed by atoms with Crippen molar-refractivity contribution in [1.29, 1.82) is 0 Å². The van der Waals surface area contributed by atoms with Gasteiger partial charge in [-0.1, -0.05) is 0 Å². The Morgan fingerprint density at radius 3 is 2.95 bits per heavy atom. The number of nitro benzene ring substituents is 1. The van der Waals surface area contributed by atoms with Gasteiger partial charge in [0.1, 0.15) is 0 Å². The van der Waals surface area contributed by atoms with Gasteiger partial charge < -0.3 is 10.1 Å². The number of aryl methyl sites for hydroxylation is 1. The first-order valence-corrected chi connectivity index (χ1v) is 7.16. The Kier molecular flexibility index (Phi) is 4.76. The van der Waals surface area contributed by atoms with E-state index >= 15 is 0 Å². The molecule has 1 N–H and O–H groups in total. The number of ether oxygens (including phenoxy) is 1. The molecule has 1 aromatic rings. The number of nitrogens with zero attached hydrogens (tertiary/aromatic N) is 1. The van der Waals surface area contributed by atoms with Crippen molar-refractivity contribution in [2.24, 2.45) is 0 Å². The van der Waals surface area contributed by atoms with Crippen molar-refractivity contribution in [2.45, 2.75) is 32.2 Å². The second-order valence-electron chi connectivity index (χ2n) is 4.76. The molecule has 0 bridgehead atoms. The summed E-state index contributed by atoms with van der Waals surface area (Å²) in [7, 11) is 0. The molecule has 1 atom stereocenters. The van der Waals surface area contributed by atoms with E-state index in [1.807, 2.05) is 0 Å². The molecular formula is C13H17BrN2O3. The lowest BCUT2D eigenvalue weighted by atomic mass is 10.1. The van der Waals surface area contributed by atoms with Gasteiger partial charge in [0.05, 0.1) is 10.6 Å². The number of rotatable bonds is 3. The van der Waals surface area contributed by atoms with Crippen LogP contribution >= 0.6 is 15.9 Å². The summed E-state index contributed by atoms with van der Waals surface area (Å²) < 4.78 is 6.28. The maximum absolute atomic E-state index is 11.0. The third-order valence-corrected chi connectivity index (χ3v) is 3.95. The van der Waals surface area contributed by atoms with Crippen LogP contribution < -0.4 is 5.32 Å². The van der Waals surface area contributed by atoms with Gasteiger partial charge >= 0.3 is 0 Å². The van der Waals surface area contributed by atoms with Gasteiger partial charge in [0.25, 0.3) is 5.69 Å². The maximum atomic E-state index is 11.0. The Labute approximate surface area is 120 Å². The highest BCUT2D eigenvalue weighted by atomic mass is 79.9. The molecule has 2 rings (SSSR count). The van der Waals surface area contributed by atoms with Crippen LogP contribution in [0.4, 0.5) is 11.4 Å². The summed E-state index contributed by atoms with van der Waals surface area (Å²) >= 11 is 3.46. The van der Waals surface area contributed by atoms with Crippen LogP contribution in [0.3, 0.4) is 0 Å². The van der Waals surface area contributed by atoms with Gasteiger partial charge in [0.15, 0.2) is 0 Å². The molecular weight excluding hydrogens is 312 g/mol. The molecule has 1 aromatic carbocycles.